The summed E-state index contributed by atoms with van der Waals surface area (Å²) in [4.78, 5) is 24.8. The molecule has 0 amide bonds. The summed E-state index contributed by atoms with van der Waals surface area (Å²) in [7, 11) is 1.61. The van der Waals surface area contributed by atoms with Crippen LogP contribution in [0.3, 0.4) is 0 Å². The van der Waals surface area contributed by atoms with Gasteiger partial charge >= 0.3 is 5.97 Å². The van der Waals surface area contributed by atoms with Crippen LogP contribution in [0.4, 0.5) is 0 Å². The number of carbonyl (C=O) groups is 2. The fourth-order valence-electron chi connectivity index (χ4n) is 9.96. The van der Waals surface area contributed by atoms with Crippen molar-refractivity contribution in [3.63, 3.8) is 0 Å². The smallest absolute Gasteiger partial charge is 0.331 e. The maximum atomic E-state index is 13.0. The Morgan fingerprint density at radius 3 is 2.61 bits per heavy atom. The number of esters is 1. The molecular formula is C30H44O8. The highest BCUT2D eigenvalue weighted by molar-refractivity contribution is 5.85. The fraction of sp³-hybridized carbons (Fsp3) is 0.867. The summed E-state index contributed by atoms with van der Waals surface area (Å²) in [5, 5.41) is 22.7. The minimum atomic E-state index is -0.830. The van der Waals surface area contributed by atoms with Gasteiger partial charge in [-0.1, -0.05) is 6.92 Å². The van der Waals surface area contributed by atoms with E-state index in [-0.39, 0.29) is 53.4 Å². The van der Waals surface area contributed by atoms with Gasteiger partial charge in [0.15, 0.2) is 6.29 Å². The average molecular weight is 533 g/mol. The molecular weight excluding hydrogens is 488 g/mol. The largest absolute Gasteiger partial charge is 0.458 e. The molecule has 0 aromatic heterocycles. The fourth-order valence-corrected chi connectivity index (χ4v) is 9.96. The van der Waals surface area contributed by atoms with Crippen LogP contribution in [0, 0.1) is 34.5 Å². The zero-order chi connectivity index (χ0) is 26.9. The zero-order valence-corrected chi connectivity index (χ0v) is 23.0. The van der Waals surface area contributed by atoms with Crippen molar-refractivity contribution in [1.29, 1.82) is 0 Å². The third kappa shape index (κ3) is 3.88. The van der Waals surface area contributed by atoms with Gasteiger partial charge in [-0.15, -0.1) is 0 Å². The van der Waals surface area contributed by atoms with Crippen molar-refractivity contribution >= 4 is 12.3 Å². The van der Waals surface area contributed by atoms with E-state index < -0.39 is 23.4 Å². The van der Waals surface area contributed by atoms with Crippen LogP contribution in [0.25, 0.3) is 0 Å². The molecule has 0 aromatic carbocycles. The third-order valence-corrected chi connectivity index (χ3v) is 12.0. The molecule has 212 valence electrons. The molecule has 6 aliphatic rings. The Hall–Kier alpha value is -1.32. The van der Waals surface area contributed by atoms with E-state index in [0.717, 1.165) is 63.4 Å². The molecule has 0 bridgehead atoms. The molecule has 4 aliphatic carbocycles. The number of cyclic esters (lactones) is 1. The average Bonchev–Trinajstić information content (AvgIpc) is 3.45. The quantitative estimate of drug-likeness (QED) is 0.315. The van der Waals surface area contributed by atoms with E-state index in [0.29, 0.717) is 13.0 Å². The Morgan fingerprint density at radius 2 is 1.89 bits per heavy atom. The molecule has 2 aliphatic heterocycles. The van der Waals surface area contributed by atoms with Crippen molar-refractivity contribution < 1.29 is 38.7 Å². The molecule has 2 N–H and O–H groups in total. The standard InChI is InChI=1S/C30H44O8/c1-17-27(33)24(35-3)14-26(37-17)38-20-6-10-29(16-31)19(13-20)4-5-23-22(29)7-9-28(2)21(8-11-30(23,28)34)18-12-25(32)36-15-18/h12,16-17,19-24,26-27,33-34H,4-11,13-15H2,1-3H3/t17-,19-,20+,21-,22+,23-,24+,26+,27-,28-,29-,30+/m1/s1. The first-order chi connectivity index (χ1) is 18.1. The number of aliphatic hydroxyl groups excluding tert-OH is 1. The molecule has 0 unspecified atom stereocenters. The van der Waals surface area contributed by atoms with Gasteiger partial charge in [-0.25, -0.2) is 4.79 Å². The highest BCUT2D eigenvalue weighted by atomic mass is 16.7. The minimum absolute atomic E-state index is 0.00854. The second kappa shape index (κ2) is 9.65. The molecule has 0 spiro atoms. The van der Waals surface area contributed by atoms with Crippen molar-refractivity contribution in [2.24, 2.45) is 34.5 Å². The molecule has 8 nitrogen and oxygen atoms in total. The Morgan fingerprint density at radius 1 is 1.08 bits per heavy atom. The lowest BCUT2D eigenvalue weighted by Crippen LogP contribution is -2.63. The molecule has 4 saturated carbocycles. The number of hydrogen-bond acceptors (Lipinski definition) is 8. The van der Waals surface area contributed by atoms with Gasteiger partial charge in [-0.05, 0) is 94.0 Å². The van der Waals surface area contributed by atoms with Crippen molar-refractivity contribution in [3.05, 3.63) is 11.6 Å². The van der Waals surface area contributed by atoms with Crippen molar-refractivity contribution in [1.82, 2.24) is 0 Å². The van der Waals surface area contributed by atoms with Crippen molar-refractivity contribution in [2.75, 3.05) is 13.7 Å². The highest BCUT2D eigenvalue weighted by Crippen LogP contribution is 2.69. The Balaban J connectivity index is 1.18. The van der Waals surface area contributed by atoms with Gasteiger partial charge in [0.25, 0.3) is 0 Å². The summed E-state index contributed by atoms with van der Waals surface area (Å²) in [6, 6.07) is 0. The van der Waals surface area contributed by atoms with E-state index in [9.17, 15) is 19.8 Å². The topological polar surface area (TPSA) is 112 Å². The van der Waals surface area contributed by atoms with E-state index >= 15 is 0 Å². The number of methoxy groups -OCH3 is 1. The lowest BCUT2D eigenvalue weighted by atomic mass is 9.43. The number of aliphatic hydroxyl groups is 2. The van der Waals surface area contributed by atoms with Gasteiger partial charge in [0.05, 0.1) is 23.9 Å². The SMILES string of the molecule is CO[C@H]1C[C@H](O[C@H]2CC[C@@]3(C=O)[C@H](CC[C@@H]4[C@@H]3CC[C@]3(C)[C@@H](C5=CC(=O)OC5)CC[C@]43O)C2)O[C@H](C)[C@H]1O. The summed E-state index contributed by atoms with van der Waals surface area (Å²) >= 11 is 0. The summed E-state index contributed by atoms with van der Waals surface area (Å²) in [6.07, 6.45) is 9.21. The third-order valence-electron chi connectivity index (χ3n) is 12.0. The lowest BCUT2D eigenvalue weighted by Gasteiger charge is -2.63. The van der Waals surface area contributed by atoms with Gasteiger partial charge in [-0.2, -0.15) is 0 Å². The van der Waals surface area contributed by atoms with Crippen molar-refractivity contribution in [3.8, 4) is 0 Å². The zero-order valence-electron chi connectivity index (χ0n) is 23.0. The molecule has 8 heteroatoms. The second-order valence-electron chi connectivity index (χ2n) is 13.3. The Labute approximate surface area is 225 Å². The molecule has 0 radical (unpaired) electrons. The van der Waals surface area contributed by atoms with Crippen molar-refractivity contribution in [2.45, 2.75) is 114 Å². The Bertz CT molecular complexity index is 981. The van der Waals surface area contributed by atoms with Gasteiger partial charge in [-0.3, -0.25) is 0 Å². The van der Waals surface area contributed by atoms with Gasteiger partial charge in [0.1, 0.15) is 19.0 Å². The van der Waals surface area contributed by atoms with Crippen LogP contribution in [-0.4, -0.2) is 72.5 Å². The highest BCUT2D eigenvalue weighted by Gasteiger charge is 2.68. The van der Waals surface area contributed by atoms with E-state index in [4.69, 9.17) is 18.9 Å². The van der Waals surface area contributed by atoms with Crippen LogP contribution in [-0.2, 0) is 28.5 Å². The molecule has 38 heavy (non-hydrogen) atoms. The predicted molar refractivity (Wildman–Crippen MR) is 137 cm³/mol. The number of rotatable bonds is 5. The first-order valence-electron chi connectivity index (χ1n) is 14.7. The number of hydrogen-bond donors (Lipinski definition) is 2. The van der Waals surface area contributed by atoms with Crippen LogP contribution in [0.1, 0.15) is 78.1 Å². The van der Waals surface area contributed by atoms with Crippen LogP contribution >= 0.6 is 0 Å². The Kier molecular flexibility index (Phi) is 6.83. The maximum Gasteiger partial charge on any atom is 0.331 e. The summed E-state index contributed by atoms with van der Waals surface area (Å²) < 4.78 is 23.1. The van der Waals surface area contributed by atoms with Crippen LogP contribution in [0.15, 0.2) is 11.6 Å². The molecule has 12 atom stereocenters. The molecule has 6 rings (SSSR count). The molecule has 1 saturated heterocycles. The molecule has 0 aromatic rings. The number of carbonyl (C=O) groups excluding carboxylic acids is 2. The van der Waals surface area contributed by atoms with E-state index in [1.165, 1.54) is 6.29 Å². The van der Waals surface area contributed by atoms with Gasteiger partial charge < -0.3 is 34.0 Å². The number of fused-ring (bicyclic) bond motifs is 5. The van der Waals surface area contributed by atoms with Crippen LogP contribution in [0.2, 0.25) is 0 Å². The summed E-state index contributed by atoms with van der Waals surface area (Å²) in [5.41, 5.74) is -0.521. The lowest BCUT2D eigenvalue weighted by molar-refractivity contribution is -0.272. The van der Waals surface area contributed by atoms with E-state index in [1.807, 2.05) is 6.92 Å². The second-order valence-corrected chi connectivity index (χ2v) is 13.3. The number of aldehydes is 1. The van der Waals surface area contributed by atoms with E-state index in [1.54, 1.807) is 13.2 Å². The summed E-state index contributed by atoms with van der Waals surface area (Å²) in [5.74, 6) is 0.384. The van der Waals surface area contributed by atoms with Crippen LogP contribution < -0.4 is 0 Å². The molecule has 5 fully saturated rings. The minimum Gasteiger partial charge on any atom is -0.458 e. The normalized spacial score (nSPS) is 52.4. The maximum absolute atomic E-state index is 13.0. The predicted octanol–water partition coefficient (Wildman–Crippen LogP) is 3.32. The van der Waals surface area contributed by atoms with E-state index in [2.05, 4.69) is 6.92 Å². The molecule has 2 heterocycles. The number of ether oxygens (including phenoxy) is 4. The monoisotopic (exact) mass is 532 g/mol. The van der Waals surface area contributed by atoms with Gasteiger partial charge in [0, 0.05) is 30.4 Å². The van der Waals surface area contributed by atoms with Gasteiger partial charge in [0.2, 0.25) is 0 Å². The first kappa shape index (κ1) is 26.9. The first-order valence-corrected chi connectivity index (χ1v) is 14.7. The van der Waals surface area contributed by atoms with Crippen LogP contribution in [0.5, 0.6) is 0 Å². The summed E-state index contributed by atoms with van der Waals surface area (Å²) in [6.45, 7) is 4.40.